The van der Waals surface area contributed by atoms with Crippen LogP contribution < -0.4 is 14.9 Å². The Morgan fingerprint density at radius 3 is 2.41 bits per heavy atom. The van der Waals surface area contributed by atoms with Crippen LogP contribution in [0, 0.1) is 0 Å². The highest BCUT2D eigenvalue weighted by Gasteiger charge is 2.17. The highest BCUT2D eigenvalue weighted by Crippen LogP contribution is 2.28. The van der Waals surface area contributed by atoms with Crippen LogP contribution in [0.4, 0.5) is 11.4 Å². The summed E-state index contributed by atoms with van der Waals surface area (Å²) < 4.78 is 27.8. The first-order valence-corrected chi connectivity index (χ1v) is 11.1. The maximum Gasteiger partial charge on any atom is 0.240 e. The Bertz CT molecular complexity index is 895. The molecule has 8 heteroatoms. The smallest absolute Gasteiger partial charge is 0.240 e. The van der Waals surface area contributed by atoms with Crippen molar-refractivity contribution in [1.29, 1.82) is 0 Å². The van der Waals surface area contributed by atoms with Gasteiger partial charge in [0.15, 0.2) is 0 Å². The molecule has 0 aromatic heterocycles. The third kappa shape index (κ3) is 5.31. The molecule has 0 unspecified atom stereocenters. The number of hydrogen-bond donors (Lipinski definition) is 2. The maximum absolute atomic E-state index is 12.3. The third-order valence-corrected chi connectivity index (χ3v) is 6.40. The average Bonchev–Trinajstić information content (AvgIpc) is 3.17. The molecule has 1 aliphatic rings. The van der Waals surface area contributed by atoms with Crippen LogP contribution in [0.2, 0.25) is 0 Å². The molecule has 0 bridgehead atoms. The summed E-state index contributed by atoms with van der Waals surface area (Å²) in [6, 6.07) is 14.1. The summed E-state index contributed by atoms with van der Waals surface area (Å²) in [6.07, 6.45) is 2.37. The molecule has 1 heterocycles. The molecule has 0 radical (unpaired) electrons. The van der Waals surface area contributed by atoms with Crippen LogP contribution in [0.5, 0.6) is 0 Å². The number of halogens is 1. The summed E-state index contributed by atoms with van der Waals surface area (Å²) in [6.45, 7) is 2.01. The second-order valence-electron chi connectivity index (χ2n) is 6.36. The fraction of sp³-hybridized carbons (Fsp3) is 0.316. The van der Waals surface area contributed by atoms with Gasteiger partial charge in [0.1, 0.15) is 0 Å². The zero-order valence-electron chi connectivity index (χ0n) is 14.8. The lowest BCUT2D eigenvalue weighted by molar-refractivity contribution is -0.116. The Morgan fingerprint density at radius 1 is 1.04 bits per heavy atom. The van der Waals surface area contributed by atoms with Crippen LogP contribution in [0.15, 0.2) is 57.9 Å². The molecule has 1 fully saturated rings. The molecule has 3 rings (SSSR count). The summed E-state index contributed by atoms with van der Waals surface area (Å²) in [4.78, 5) is 14.7. The second-order valence-corrected chi connectivity index (χ2v) is 9.04. The number of carbonyl (C=O) groups is 1. The van der Waals surface area contributed by atoms with E-state index in [4.69, 9.17) is 0 Å². The number of nitrogens with one attached hydrogen (secondary N) is 2. The van der Waals surface area contributed by atoms with Crippen molar-refractivity contribution < 1.29 is 13.2 Å². The Morgan fingerprint density at radius 2 is 1.70 bits per heavy atom. The van der Waals surface area contributed by atoms with Crippen molar-refractivity contribution in [2.24, 2.45) is 0 Å². The van der Waals surface area contributed by atoms with Crippen molar-refractivity contribution in [3.63, 3.8) is 0 Å². The minimum atomic E-state index is -3.63. The van der Waals surface area contributed by atoms with Gasteiger partial charge in [-0.1, -0.05) is 28.1 Å². The van der Waals surface area contributed by atoms with Crippen LogP contribution >= 0.6 is 15.9 Å². The molecule has 1 amide bonds. The monoisotopic (exact) mass is 451 g/mol. The fourth-order valence-electron chi connectivity index (χ4n) is 3.02. The van der Waals surface area contributed by atoms with Gasteiger partial charge < -0.3 is 10.2 Å². The molecule has 1 saturated heterocycles. The molecule has 2 aromatic rings. The number of nitrogens with zero attached hydrogens (tertiary/aromatic N) is 1. The number of rotatable bonds is 7. The van der Waals surface area contributed by atoms with Crippen LogP contribution in [0.25, 0.3) is 0 Å². The number of para-hydroxylation sites is 2. The molecule has 27 heavy (non-hydrogen) atoms. The summed E-state index contributed by atoms with van der Waals surface area (Å²) in [5, 5.41) is 2.90. The first-order chi connectivity index (χ1) is 13.0. The Hall–Kier alpha value is -1.90. The van der Waals surface area contributed by atoms with E-state index in [0.717, 1.165) is 41.8 Å². The molecule has 0 spiro atoms. The second kappa shape index (κ2) is 8.86. The van der Waals surface area contributed by atoms with Crippen LogP contribution in [0.1, 0.15) is 19.3 Å². The van der Waals surface area contributed by atoms with Crippen molar-refractivity contribution in [3.05, 3.63) is 53.0 Å². The highest BCUT2D eigenvalue weighted by molar-refractivity contribution is 9.10. The predicted molar refractivity (Wildman–Crippen MR) is 110 cm³/mol. The Kier molecular flexibility index (Phi) is 6.51. The standard InChI is InChI=1S/C19H22BrN3O3S/c20-15-7-9-16(10-8-15)27(25,26)21-12-11-19(24)22-17-5-1-2-6-18(17)23-13-3-4-14-23/h1-2,5-10,21H,3-4,11-14H2,(H,22,24). The number of anilines is 2. The van der Waals surface area contributed by atoms with E-state index < -0.39 is 10.0 Å². The van der Waals surface area contributed by atoms with Gasteiger partial charge in [0.2, 0.25) is 15.9 Å². The van der Waals surface area contributed by atoms with Crippen molar-refractivity contribution in [2.45, 2.75) is 24.2 Å². The zero-order chi connectivity index (χ0) is 19.3. The van der Waals surface area contributed by atoms with E-state index in [9.17, 15) is 13.2 Å². The molecule has 0 saturated carbocycles. The molecular weight excluding hydrogens is 430 g/mol. The minimum absolute atomic E-state index is 0.0378. The van der Waals surface area contributed by atoms with E-state index in [1.165, 1.54) is 12.1 Å². The van der Waals surface area contributed by atoms with Gasteiger partial charge in [-0.3, -0.25) is 4.79 Å². The van der Waals surface area contributed by atoms with E-state index in [2.05, 4.69) is 30.9 Å². The maximum atomic E-state index is 12.3. The van der Waals surface area contributed by atoms with Gasteiger partial charge in [-0.05, 0) is 49.2 Å². The molecule has 144 valence electrons. The normalized spacial score (nSPS) is 14.3. The lowest BCUT2D eigenvalue weighted by Crippen LogP contribution is -2.28. The molecule has 0 aliphatic carbocycles. The Labute approximate surface area is 168 Å². The van der Waals surface area contributed by atoms with Gasteiger partial charge in [0.05, 0.1) is 16.3 Å². The molecule has 1 aliphatic heterocycles. The highest BCUT2D eigenvalue weighted by atomic mass is 79.9. The van der Waals surface area contributed by atoms with E-state index in [1.807, 2.05) is 24.3 Å². The van der Waals surface area contributed by atoms with E-state index in [0.29, 0.717) is 0 Å². The van der Waals surface area contributed by atoms with Crippen LogP contribution in [-0.4, -0.2) is 34.0 Å². The molecule has 0 atom stereocenters. The summed E-state index contributed by atoms with van der Waals surface area (Å²) in [5.41, 5.74) is 1.78. The van der Waals surface area contributed by atoms with Crippen molar-refractivity contribution in [3.8, 4) is 0 Å². The van der Waals surface area contributed by atoms with Crippen LogP contribution in [0.3, 0.4) is 0 Å². The number of carbonyl (C=O) groups excluding carboxylic acids is 1. The molecule has 2 N–H and O–H groups in total. The van der Waals surface area contributed by atoms with Gasteiger partial charge in [0.25, 0.3) is 0 Å². The van der Waals surface area contributed by atoms with Crippen molar-refractivity contribution in [2.75, 3.05) is 29.9 Å². The zero-order valence-corrected chi connectivity index (χ0v) is 17.2. The first kappa shape index (κ1) is 19.9. The lowest BCUT2D eigenvalue weighted by atomic mass is 10.2. The number of amides is 1. The molecular formula is C19H22BrN3O3S. The number of hydrogen-bond acceptors (Lipinski definition) is 4. The molecule has 2 aromatic carbocycles. The Balaban J connectivity index is 1.55. The summed E-state index contributed by atoms with van der Waals surface area (Å²) in [7, 11) is -3.63. The SMILES string of the molecule is O=C(CCNS(=O)(=O)c1ccc(Br)cc1)Nc1ccccc1N1CCCC1. The van der Waals surface area contributed by atoms with Gasteiger partial charge in [0, 0.05) is 30.5 Å². The third-order valence-electron chi connectivity index (χ3n) is 4.39. The molecule has 6 nitrogen and oxygen atoms in total. The van der Waals surface area contributed by atoms with Crippen molar-refractivity contribution in [1.82, 2.24) is 4.72 Å². The number of benzene rings is 2. The van der Waals surface area contributed by atoms with Crippen molar-refractivity contribution >= 4 is 43.2 Å². The summed E-state index contributed by atoms with van der Waals surface area (Å²) in [5.74, 6) is -0.222. The average molecular weight is 452 g/mol. The van der Waals surface area contributed by atoms with Crippen LogP contribution in [-0.2, 0) is 14.8 Å². The van der Waals surface area contributed by atoms with E-state index in [1.54, 1.807) is 12.1 Å². The summed E-state index contributed by atoms with van der Waals surface area (Å²) >= 11 is 3.27. The predicted octanol–water partition coefficient (Wildman–Crippen LogP) is 3.36. The fourth-order valence-corrected chi connectivity index (χ4v) is 4.32. The first-order valence-electron chi connectivity index (χ1n) is 8.85. The minimum Gasteiger partial charge on any atom is -0.370 e. The van der Waals surface area contributed by atoms with Gasteiger partial charge >= 0.3 is 0 Å². The number of sulfonamides is 1. The van der Waals surface area contributed by atoms with Gasteiger partial charge in [-0.15, -0.1) is 0 Å². The van der Waals surface area contributed by atoms with Gasteiger partial charge in [-0.2, -0.15) is 0 Å². The quantitative estimate of drug-likeness (QED) is 0.676. The van der Waals surface area contributed by atoms with E-state index >= 15 is 0 Å². The topological polar surface area (TPSA) is 78.5 Å². The largest absolute Gasteiger partial charge is 0.370 e. The van der Waals surface area contributed by atoms with Gasteiger partial charge in [-0.25, -0.2) is 13.1 Å². The van der Waals surface area contributed by atoms with E-state index in [-0.39, 0.29) is 23.8 Å². The lowest BCUT2D eigenvalue weighted by Gasteiger charge is -2.21.